The molecule has 1 heterocycles. The number of nitrogens with zero attached hydrogens (tertiary/aromatic N) is 4. The molecule has 0 radical (unpaired) electrons. The summed E-state index contributed by atoms with van der Waals surface area (Å²) in [4.78, 5) is 10.7. The molecule has 100 valence electrons. The Morgan fingerprint density at radius 3 is 2.90 bits per heavy atom. The van der Waals surface area contributed by atoms with Crippen molar-refractivity contribution in [2.24, 2.45) is 0 Å². The SMILES string of the molecule is N#Cc1cc([N+](=O)[O-])ccc1Sc1nnc(C2CC2)o1. The van der Waals surface area contributed by atoms with E-state index in [2.05, 4.69) is 10.2 Å². The van der Waals surface area contributed by atoms with Crippen LogP contribution in [0.5, 0.6) is 0 Å². The Bertz CT molecular complexity index is 718. The lowest BCUT2D eigenvalue weighted by atomic mass is 10.2. The average molecular weight is 288 g/mol. The number of nitro groups is 1. The van der Waals surface area contributed by atoms with Crippen molar-refractivity contribution in [3.05, 3.63) is 39.8 Å². The van der Waals surface area contributed by atoms with Gasteiger partial charge in [0.2, 0.25) is 5.89 Å². The molecule has 0 aliphatic heterocycles. The monoisotopic (exact) mass is 288 g/mol. The van der Waals surface area contributed by atoms with Gasteiger partial charge in [0.1, 0.15) is 6.07 Å². The maximum atomic E-state index is 10.7. The molecule has 0 N–H and O–H groups in total. The molecule has 20 heavy (non-hydrogen) atoms. The summed E-state index contributed by atoms with van der Waals surface area (Å²) in [5.41, 5.74) is 0.102. The van der Waals surface area contributed by atoms with Crippen LogP contribution in [0.25, 0.3) is 0 Å². The molecule has 8 heteroatoms. The van der Waals surface area contributed by atoms with Crippen LogP contribution in [0, 0.1) is 21.4 Å². The Morgan fingerprint density at radius 2 is 2.25 bits per heavy atom. The molecule has 0 bridgehead atoms. The van der Waals surface area contributed by atoms with E-state index in [1.54, 1.807) is 0 Å². The first-order valence-corrected chi connectivity index (χ1v) is 6.69. The normalized spacial score (nSPS) is 13.9. The molecule has 1 saturated carbocycles. The van der Waals surface area contributed by atoms with Crippen molar-refractivity contribution in [1.82, 2.24) is 10.2 Å². The van der Waals surface area contributed by atoms with Crippen LogP contribution in [0.15, 0.2) is 32.7 Å². The van der Waals surface area contributed by atoms with Gasteiger partial charge in [-0.25, -0.2) is 0 Å². The number of rotatable bonds is 4. The Hall–Kier alpha value is -2.40. The zero-order valence-electron chi connectivity index (χ0n) is 10.1. The Balaban J connectivity index is 1.85. The third-order valence-corrected chi connectivity index (χ3v) is 3.76. The summed E-state index contributed by atoms with van der Waals surface area (Å²) in [5, 5.41) is 27.9. The lowest BCUT2D eigenvalue weighted by Crippen LogP contribution is -1.90. The molecule has 0 spiro atoms. The van der Waals surface area contributed by atoms with Gasteiger partial charge in [0, 0.05) is 22.9 Å². The van der Waals surface area contributed by atoms with Gasteiger partial charge in [-0.2, -0.15) is 5.26 Å². The van der Waals surface area contributed by atoms with E-state index in [0.29, 0.717) is 21.9 Å². The van der Waals surface area contributed by atoms with Crippen LogP contribution in [-0.4, -0.2) is 15.1 Å². The maximum absolute atomic E-state index is 10.7. The van der Waals surface area contributed by atoms with E-state index >= 15 is 0 Å². The molecule has 7 nitrogen and oxygen atoms in total. The van der Waals surface area contributed by atoms with Crippen LogP contribution in [0.3, 0.4) is 0 Å². The van der Waals surface area contributed by atoms with Crippen molar-refractivity contribution in [3.63, 3.8) is 0 Å². The maximum Gasteiger partial charge on any atom is 0.281 e. The van der Waals surface area contributed by atoms with Gasteiger partial charge >= 0.3 is 0 Å². The van der Waals surface area contributed by atoms with E-state index in [-0.39, 0.29) is 11.3 Å². The second-order valence-corrected chi connectivity index (χ2v) is 5.33. The van der Waals surface area contributed by atoms with Gasteiger partial charge in [0.15, 0.2) is 0 Å². The largest absolute Gasteiger partial charge is 0.415 e. The molecule has 1 aromatic heterocycles. The molecule has 3 rings (SSSR count). The second kappa shape index (κ2) is 4.94. The highest BCUT2D eigenvalue weighted by Gasteiger charge is 2.29. The summed E-state index contributed by atoms with van der Waals surface area (Å²) in [7, 11) is 0. The van der Waals surface area contributed by atoms with Crippen molar-refractivity contribution >= 4 is 17.4 Å². The molecular weight excluding hydrogens is 280 g/mol. The molecular formula is C12H8N4O3S. The van der Waals surface area contributed by atoms with E-state index in [0.717, 1.165) is 24.6 Å². The average Bonchev–Trinajstić information content (AvgIpc) is 3.19. The van der Waals surface area contributed by atoms with Gasteiger partial charge in [0.25, 0.3) is 10.9 Å². The number of nitriles is 1. The Morgan fingerprint density at radius 1 is 1.45 bits per heavy atom. The zero-order chi connectivity index (χ0) is 14.1. The summed E-state index contributed by atoms with van der Waals surface area (Å²) >= 11 is 1.14. The van der Waals surface area contributed by atoms with Crippen molar-refractivity contribution < 1.29 is 9.34 Å². The smallest absolute Gasteiger partial charge is 0.281 e. The molecule has 1 aromatic carbocycles. The molecule has 0 unspecified atom stereocenters. The molecule has 0 amide bonds. The molecule has 1 aliphatic carbocycles. The third-order valence-electron chi connectivity index (χ3n) is 2.84. The van der Waals surface area contributed by atoms with Crippen LogP contribution in [0.4, 0.5) is 5.69 Å². The van der Waals surface area contributed by atoms with Crippen molar-refractivity contribution in [3.8, 4) is 6.07 Å². The molecule has 1 aliphatic rings. The minimum atomic E-state index is -0.535. The highest BCUT2D eigenvalue weighted by atomic mass is 32.2. The molecule has 0 atom stereocenters. The van der Waals surface area contributed by atoms with E-state index in [4.69, 9.17) is 9.68 Å². The van der Waals surface area contributed by atoms with Crippen LogP contribution in [0.1, 0.15) is 30.2 Å². The number of benzene rings is 1. The van der Waals surface area contributed by atoms with Gasteiger partial charge in [0.05, 0.1) is 10.5 Å². The van der Waals surface area contributed by atoms with Crippen molar-refractivity contribution in [2.75, 3.05) is 0 Å². The van der Waals surface area contributed by atoms with Crippen LogP contribution >= 0.6 is 11.8 Å². The summed E-state index contributed by atoms with van der Waals surface area (Å²) in [5.74, 6) is 0.983. The molecule has 2 aromatic rings. The fourth-order valence-corrected chi connectivity index (χ4v) is 2.41. The fourth-order valence-electron chi connectivity index (χ4n) is 1.66. The minimum absolute atomic E-state index is 0.116. The van der Waals surface area contributed by atoms with Gasteiger partial charge in [-0.3, -0.25) is 10.1 Å². The van der Waals surface area contributed by atoms with Gasteiger partial charge in [-0.1, -0.05) is 0 Å². The summed E-state index contributed by atoms with van der Waals surface area (Å²) in [6, 6.07) is 6.04. The number of hydrogen-bond donors (Lipinski definition) is 0. The molecule has 0 saturated heterocycles. The highest BCUT2D eigenvalue weighted by molar-refractivity contribution is 7.99. The van der Waals surface area contributed by atoms with Crippen molar-refractivity contribution in [1.29, 1.82) is 5.26 Å². The van der Waals surface area contributed by atoms with Gasteiger partial charge in [-0.05, 0) is 30.7 Å². The number of nitro benzene ring substituents is 1. The minimum Gasteiger partial charge on any atom is -0.415 e. The quantitative estimate of drug-likeness (QED) is 0.628. The zero-order valence-corrected chi connectivity index (χ0v) is 11.0. The number of non-ortho nitro benzene ring substituents is 1. The van der Waals surface area contributed by atoms with E-state index in [1.165, 1.54) is 18.2 Å². The Kier molecular flexibility index (Phi) is 3.12. The van der Waals surface area contributed by atoms with Crippen LogP contribution in [-0.2, 0) is 0 Å². The predicted molar refractivity (Wildman–Crippen MR) is 68.2 cm³/mol. The lowest BCUT2D eigenvalue weighted by Gasteiger charge is -1.99. The summed E-state index contributed by atoms with van der Waals surface area (Å²) < 4.78 is 5.49. The van der Waals surface area contributed by atoms with E-state index in [1.807, 2.05) is 6.07 Å². The first-order valence-electron chi connectivity index (χ1n) is 5.87. The van der Waals surface area contributed by atoms with Gasteiger partial charge < -0.3 is 4.42 Å². The Labute approximate surface area is 117 Å². The van der Waals surface area contributed by atoms with E-state index in [9.17, 15) is 10.1 Å². The van der Waals surface area contributed by atoms with Gasteiger partial charge in [-0.15, -0.1) is 10.2 Å². The highest BCUT2D eigenvalue weighted by Crippen LogP contribution is 2.40. The summed E-state index contributed by atoms with van der Waals surface area (Å²) in [6.45, 7) is 0. The lowest BCUT2D eigenvalue weighted by molar-refractivity contribution is -0.384. The topological polar surface area (TPSA) is 106 Å². The van der Waals surface area contributed by atoms with E-state index < -0.39 is 4.92 Å². The second-order valence-electron chi connectivity index (χ2n) is 4.33. The third kappa shape index (κ3) is 2.48. The van der Waals surface area contributed by atoms with Crippen LogP contribution < -0.4 is 0 Å². The predicted octanol–water partition coefficient (Wildman–Crippen LogP) is 2.88. The molecule has 1 fully saturated rings. The number of hydrogen-bond acceptors (Lipinski definition) is 7. The number of aromatic nitrogens is 2. The standard InChI is InChI=1S/C12H8N4O3S/c13-6-8-5-9(16(17)18)3-4-10(8)20-12-15-14-11(19-12)7-1-2-7/h3-5,7H,1-2H2. The first-order chi connectivity index (χ1) is 9.67. The van der Waals surface area contributed by atoms with Crippen molar-refractivity contribution in [2.45, 2.75) is 28.9 Å². The summed E-state index contributed by atoms with van der Waals surface area (Å²) in [6.07, 6.45) is 2.13. The fraction of sp³-hybridized carbons (Fsp3) is 0.250. The first kappa shape index (κ1) is 12.6. The van der Waals surface area contributed by atoms with Crippen LogP contribution in [0.2, 0.25) is 0 Å².